The second-order valence-corrected chi connectivity index (χ2v) is 2.43. The van der Waals surface area contributed by atoms with Gasteiger partial charge in [-0.05, 0) is 17.7 Å². The molecule has 3 heteroatoms. The highest BCUT2D eigenvalue weighted by atomic mass is 16.1. The van der Waals surface area contributed by atoms with Gasteiger partial charge in [0.25, 0.3) is 0 Å². The summed E-state index contributed by atoms with van der Waals surface area (Å²) < 4.78 is 0. The molecule has 0 aliphatic carbocycles. The van der Waals surface area contributed by atoms with Gasteiger partial charge in [-0.15, -0.1) is 0 Å². The van der Waals surface area contributed by atoms with E-state index in [1.807, 2.05) is 24.3 Å². The van der Waals surface area contributed by atoms with Crippen LogP contribution in [0.1, 0.15) is 5.56 Å². The molecule has 1 aromatic carbocycles. The SMILES string of the molecule is NCC=Cc1ccc(N=C=O)cc1. The number of isocyanates is 1. The minimum Gasteiger partial charge on any atom is -0.327 e. The highest BCUT2D eigenvalue weighted by Crippen LogP contribution is 2.12. The van der Waals surface area contributed by atoms with E-state index in [0.29, 0.717) is 12.2 Å². The maximum absolute atomic E-state index is 9.91. The molecule has 0 fully saturated rings. The van der Waals surface area contributed by atoms with Gasteiger partial charge in [-0.1, -0.05) is 24.3 Å². The predicted molar refractivity (Wildman–Crippen MR) is 52.3 cm³/mol. The summed E-state index contributed by atoms with van der Waals surface area (Å²) in [5.74, 6) is 0. The van der Waals surface area contributed by atoms with Crippen LogP contribution in [0.4, 0.5) is 5.69 Å². The van der Waals surface area contributed by atoms with Gasteiger partial charge in [0.2, 0.25) is 6.08 Å². The Morgan fingerprint density at radius 1 is 1.38 bits per heavy atom. The first-order valence-corrected chi connectivity index (χ1v) is 3.91. The molecule has 0 radical (unpaired) electrons. The summed E-state index contributed by atoms with van der Waals surface area (Å²) >= 11 is 0. The Labute approximate surface area is 76.6 Å². The van der Waals surface area contributed by atoms with Crippen molar-refractivity contribution < 1.29 is 4.79 Å². The van der Waals surface area contributed by atoms with Crippen LogP contribution in [0.3, 0.4) is 0 Å². The maximum atomic E-state index is 9.91. The Morgan fingerprint density at radius 2 is 2.08 bits per heavy atom. The zero-order chi connectivity index (χ0) is 9.52. The molecule has 1 aromatic rings. The van der Waals surface area contributed by atoms with Gasteiger partial charge in [0.1, 0.15) is 0 Å². The number of hydrogen-bond acceptors (Lipinski definition) is 3. The van der Waals surface area contributed by atoms with Gasteiger partial charge >= 0.3 is 0 Å². The molecule has 3 nitrogen and oxygen atoms in total. The Balaban J connectivity index is 2.80. The summed E-state index contributed by atoms with van der Waals surface area (Å²) in [5, 5.41) is 0. The van der Waals surface area contributed by atoms with Crippen molar-refractivity contribution in [3.05, 3.63) is 35.9 Å². The third-order valence-electron chi connectivity index (χ3n) is 1.51. The number of aliphatic imine (C=N–C) groups is 1. The normalized spacial score (nSPS) is 9.92. The van der Waals surface area contributed by atoms with E-state index >= 15 is 0 Å². The second-order valence-electron chi connectivity index (χ2n) is 2.43. The van der Waals surface area contributed by atoms with Crippen molar-refractivity contribution in [3.8, 4) is 0 Å². The van der Waals surface area contributed by atoms with Gasteiger partial charge < -0.3 is 5.73 Å². The van der Waals surface area contributed by atoms with Crippen LogP contribution < -0.4 is 5.73 Å². The van der Waals surface area contributed by atoms with Crippen LogP contribution in [0, 0.1) is 0 Å². The van der Waals surface area contributed by atoms with Crippen LogP contribution in [-0.4, -0.2) is 12.6 Å². The van der Waals surface area contributed by atoms with Gasteiger partial charge in [0, 0.05) is 6.54 Å². The number of nitrogens with zero attached hydrogens (tertiary/aromatic N) is 1. The number of nitrogens with two attached hydrogens (primary N) is 1. The van der Waals surface area contributed by atoms with Crippen molar-refractivity contribution in [3.63, 3.8) is 0 Å². The van der Waals surface area contributed by atoms with Gasteiger partial charge in [-0.2, -0.15) is 4.99 Å². The lowest BCUT2D eigenvalue weighted by molar-refractivity contribution is 0.565. The fourth-order valence-electron chi connectivity index (χ4n) is 0.917. The van der Waals surface area contributed by atoms with Crippen LogP contribution in [-0.2, 0) is 4.79 Å². The van der Waals surface area contributed by atoms with E-state index in [1.54, 1.807) is 12.1 Å². The average molecular weight is 174 g/mol. The van der Waals surface area contributed by atoms with Crippen molar-refractivity contribution in [2.45, 2.75) is 0 Å². The molecule has 1 rings (SSSR count). The summed E-state index contributed by atoms with van der Waals surface area (Å²) in [6, 6.07) is 7.23. The lowest BCUT2D eigenvalue weighted by Gasteiger charge is -1.92. The Bertz CT molecular complexity index is 334. The molecule has 0 bridgehead atoms. The van der Waals surface area contributed by atoms with Crippen molar-refractivity contribution in [2.75, 3.05) is 6.54 Å². The number of rotatable bonds is 3. The standard InChI is InChI=1S/C10H10N2O/c11-7-1-2-9-3-5-10(6-4-9)12-8-13/h1-6H,7,11H2. The summed E-state index contributed by atoms with van der Waals surface area (Å²) in [7, 11) is 0. The van der Waals surface area contributed by atoms with Crippen molar-refractivity contribution >= 4 is 17.8 Å². The molecule has 0 atom stereocenters. The molecular formula is C10H10N2O. The molecule has 0 amide bonds. The van der Waals surface area contributed by atoms with Crippen LogP contribution >= 0.6 is 0 Å². The lowest BCUT2D eigenvalue weighted by atomic mass is 10.2. The van der Waals surface area contributed by atoms with Crippen LogP contribution in [0.5, 0.6) is 0 Å². The summed E-state index contributed by atoms with van der Waals surface area (Å²) in [6.07, 6.45) is 5.25. The molecule has 0 spiro atoms. The number of carbonyl (C=O) groups excluding carboxylic acids is 1. The van der Waals surface area contributed by atoms with Crippen LogP contribution in [0.2, 0.25) is 0 Å². The van der Waals surface area contributed by atoms with Crippen molar-refractivity contribution in [1.82, 2.24) is 0 Å². The smallest absolute Gasteiger partial charge is 0.240 e. The molecular weight excluding hydrogens is 164 g/mol. The zero-order valence-corrected chi connectivity index (χ0v) is 7.10. The van der Waals surface area contributed by atoms with Crippen LogP contribution in [0.15, 0.2) is 35.3 Å². The summed E-state index contributed by atoms with van der Waals surface area (Å²) in [5.41, 5.74) is 6.95. The first-order chi connectivity index (χ1) is 6.36. The molecule has 0 unspecified atom stereocenters. The topological polar surface area (TPSA) is 55.4 Å². The third kappa shape index (κ3) is 3.03. The Kier molecular flexibility index (Phi) is 3.64. The largest absolute Gasteiger partial charge is 0.327 e. The van der Waals surface area contributed by atoms with Gasteiger partial charge in [-0.25, -0.2) is 4.79 Å². The minimum absolute atomic E-state index is 0.522. The lowest BCUT2D eigenvalue weighted by Crippen LogP contribution is -1.91. The van der Waals surface area contributed by atoms with E-state index < -0.39 is 0 Å². The zero-order valence-electron chi connectivity index (χ0n) is 7.10. The van der Waals surface area contributed by atoms with E-state index in [2.05, 4.69) is 4.99 Å². The molecule has 2 N–H and O–H groups in total. The van der Waals surface area contributed by atoms with E-state index in [4.69, 9.17) is 5.73 Å². The predicted octanol–water partition coefficient (Wildman–Crippen LogP) is 1.63. The Hall–Kier alpha value is -1.70. The minimum atomic E-state index is 0.522. The number of hydrogen-bond donors (Lipinski definition) is 1. The van der Waals surface area contributed by atoms with Crippen molar-refractivity contribution in [2.24, 2.45) is 10.7 Å². The fourth-order valence-corrected chi connectivity index (χ4v) is 0.917. The molecule has 0 heterocycles. The molecule has 0 saturated carbocycles. The number of benzene rings is 1. The summed E-state index contributed by atoms with van der Waals surface area (Å²) in [4.78, 5) is 13.4. The first kappa shape index (κ1) is 9.39. The molecule has 66 valence electrons. The quantitative estimate of drug-likeness (QED) is 0.559. The molecule has 0 aliphatic rings. The van der Waals surface area contributed by atoms with Crippen molar-refractivity contribution in [1.29, 1.82) is 0 Å². The highest BCUT2D eigenvalue weighted by Gasteiger charge is 1.88. The summed E-state index contributed by atoms with van der Waals surface area (Å²) in [6.45, 7) is 0.522. The molecule has 0 saturated heterocycles. The van der Waals surface area contributed by atoms with E-state index in [-0.39, 0.29) is 0 Å². The second kappa shape index (κ2) is 5.04. The van der Waals surface area contributed by atoms with Gasteiger partial charge in [0.15, 0.2) is 0 Å². The average Bonchev–Trinajstić information content (AvgIpc) is 2.17. The van der Waals surface area contributed by atoms with E-state index in [0.717, 1.165) is 5.56 Å². The third-order valence-corrected chi connectivity index (χ3v) is 1.51. The molecule has 13 heavy (non-hydrogen) atoms. The van der Waals surface area contributed by atoms with Gasteiger partial charge in [-0.3, -0.25) is 0 Å². The molecule has 0 aliphatic heterocycles. The fraction of sp³-hybridized carbons (Fsp3) is 0.100. The molecule has 0 aromatic heterocycles. The first-order valence-electron chi connectivity index (χ1n) is 3.91. The maximum Gasteiger partial charge on any atom is 0.240 e. The van der Waals surface area contributed by atoms with Gasteiger partial charge in [0.05, 0.1) is 5.69 Å². The monoisotopic (exact) mass is 174 g/mol. The van der Waals surface area contributed by atoms with E-state index in [9.17, 15) is 4.79 Å². The highest BCUT2D eigenvalue weighted by molar-refractivity contribution is 5.55. The Morgan fingerprint density at radius 3 is 2.62 bits per heavy atom. The van der Waals surface area contributed by atoms with Crippen LogP contribution in [0.25, 0.3) is 6.08 Å². The van der Waals surface area contributed by atoms with E-state index in [1.165, 1.54) is 6.08 Å².